The van der Waals surface area contributed by atoms with Crippen LogP contribution in [0.5, 0.6) is 0 Å². The van der Waals surface area contributed by atoms with Crippen LogP contribution in [-0.2, 0) is 0 Å². The molecule has 0 saturated heterocycles. The van der Waals surface area contributed by atoms with Crippen LogP contribution in [0.4, 0.5) is 0 Å². The summed E-state index contributed by atoms with van der Waals surface area (Å²) in [6, 6.07) is 0. The molecule has 116 valence electrons. The van der Waals surface area contributed by atoms with E-state index in [-0.39, 0.29) is 7.43 Å². The molecular weight excluding hydrogens is 236 g/mol. The fourth-order valence-corrected chi connectivity index (χ4v) is 16.3. The Kier molecular flexibility index (Phi) is 5.78. The molecule has 0 rings (SSSR count). The first-order valence-electron chi connectivity index (χ1n) is 7.36. The van der Waals surface area contributed by atoms with Crippen molar-refractivity contribution in [2.75, 3.05) is 6.26 Å². The predicted molar refractivity (Wildman–Crippen MR) is 95.9 cm³/mol. The van der Waals surface area contributed by atoms with Crippen molar-refractivity contribution in [3.63, 3.8) is 0 Å². The Labute approximate surface area is 118 Å². The molecule has 1 heteroatoms. The molecule has 18 heavy (non-hydrogen) atoms. The molecule has 0 fully saturated rings. The van der Waals surface area contributed by atoms with E-state index in [9.17, 15) is 0 Å². The maximum atomic E-state index is 2.72. The third-order valence-electron chi connectivity index (χ3n) is 7.80. The van der Waals surface area contributed by atoms with E-state index >= 15 is 0 Å². The van der Waals surface area contributed by atoms with Crippen LogP contribution in [0.2, 0.25) is 0 Å². The molecule has 0 bridgehead atoms. The standard InChI is InChI=1S/C16H38S.CH4/c1-12(2)17(11,13(3)4,14(5)6,15(7)8)16(9)10;/h12-16H,1-11H3;1H4. The lowest BCUT2D eigenvalue weighted by Gasteiger charge is -2.91. The Hall–Kier alpha value is 0.350. The van der Waals surface area contributed by atoms with E-state index < -0.39 is 8.29 Å². The van der Waals surface area contributed by atoms with Crippen LogP contribution >= 0.6 is 8.29 Å². The number of rotatable bonds is 5. The minimum absolute atomic E-state index is 0. The number of hydrogen-bond acceptors (Lipinski definition) is 0. The Morgan fingerprint density at radius 1 is 0.444 bits per heavy atom. The SMILES string of the molecule is C.CC(C)S(C)(C(C)C)(C(C)C)(C(C)C)C(C)C. The first kappa shape index (κ1) is 20.7. The summed E-state index contributed by atoms with van der Waals surface area (Å²) >= 11 is 0. The van der Waals surface area contributed by atoms with Gasteiger partial charge < -0.3 is 0 Å². The topological polar surface area (TPSA) is 0 Å². The molecule has 0 aromatic carbocycles. The highest BCUT2D eigenvalue weighted by atomic mass is 32.4. The molecule has 0 N–H and O–H groups in total. The smallest absolute Gasteiger partial charge is 0.0270 e. The Balaban J connectivity index is 0. The van der Waals surface area contributed by atoms with Gasteiger partial charge in [0.25, 0.3) is 0 Å². The predicted octanol–water partition coefficient (Wildman–Crippen LogP) is 6.17. The fraction of sp³-hybridized carbons (Fsp3) is 1.00. The molecule has 0 aliphatic heterocycles. The van der Waals surface area contributed by atoms with Crippen molar-refractivity contribution >= 4 is 8.29 Å². The normalized spacial score (nSPS) is 17.3. The summed E-state index contributed by atoms with van der Waals surface area (Å²) in [6.45, 7) is 24.9. The first-order chi connectivity index (χ1) is 7.36. The van der Waals surface area contributed by atoms with E-state index in [2.05, 4.69) is 75.5 Å². The zero-order valence-corrected chi connectivity index (χ0v) is 15.1. The van der Waals surface area contributed by atoms with Crippen LogP contribution in [-0.4, -0.2) is 32.5 Å². The van der Waals surface area contributed by atoms with Crippen molar-refractivity contribution in [1.29, 1.82) is 0 Å². The molecule has 0 spiro atoms. The van der Waals surface area contributed by atoms with Gasteiger partial charge in [-0.2, -0.15) is 0 Å². The Morgan fingerprint density at radius 2 is 0.556 bits per heavy atom. The van der Waals surface area contributed by atoms with E-state index in [1.165, 1.54) is 0 Å². The van der Waals surface area contributed by atoms with Crippen LogP contribution in [0.1, 0.15) is 76.7 Å². The molecule has 0 saturated carbocycles. The molecule has 0 atom stereocenters. The second-order valence-corrected chi connectivity index (χ2v) is 17.6. The van der Waals surface area contributed by atoms with E-state index in [0.29, 0.717) is 0 Å². The van der Waals surface area contributed by atoms with E-state index in [0.717, 1.165) is 26.2 Å². The lowest BCUT2D eigenvalue weighted by molar-refractivity contribution is 0.780. The van der Waals surface area contributed by atoms with Crippen molar-refractivity contribution in [3.8, 4) is 0 Å². The summed E-state index contributed by atoms with van der Waals surface area (Å²) in [4.78, 5) is 0. The highest BCUT2D eigenvalue weighted by Gasteiger charge is 2.67. The lowest BCUT2D eigenvalue weighted by atomic mass is 10.5. The van der Waals surface area contributed by atoms with Crippen LogP contribution in [0.25, 0.3) is 0 Å². The van der Waals surface area contributed by atoms with Gasteiger partial charge in [-0.25, -0.2) is 0 Å². The van der Waals surface area contributed by atoms with E-state index in [4.69, 9.17) is 0 Å². The van der Waals surface area contributed by atoms with Gasteiger partial charge in [0.1, 0.15) is 0 Å². The summed E-state index contributed by atoms with van der Waals surface area (Å²) in [7, 11) is -2.18. The monoisotopic (exact) mass is 278 g/mol. The molecule has 0 radical (unpaired) electrons. The molecule has 0 amide bonds. The van der Waals surface area contributed by atoms with Gasteiger partial charge in [-0.1, -0.05) is 76.7 Å². The third kappa shape index (κ3) is 1.52. The first-order valence-corrected chi connectivity index (χ1v) is 10.5. The molecule has 0 nitrogen and oxygen atoms in total. The summed E-state index contributed by atoms with van der Waals surface area (Å²) < 4.78 is 0. The minimum Gasteiger partial charge on any atom is -0.267 e. The van der Waals surface area contributed by atoms with Crippen molar-refractivity contribution in [1.82, 2.24) is 0 Å². The number of hydrogen-bond donors (Lipinski definition) is 0. The second-order valence-electron chi connectivity index (χ2n) is 7.78. The van der Waals surface area contributed by atoms with Gasteiger partial charge in [0.05, 0.1) is 0 Å². The van der Waals surface area contributed by atoms with E-state index in [1.807, 2.05) is 0 Å². The average Bonchev–Trinajstić information content (AvgIpc) is 2.14. The van der Waals surface area contributed by atoms with Crippen molar-refractivity contribution < 1.29 is 0 Å². The third-order valence-corrected chi connectivity index (χ3v) is 23.4. The van der Waals surface area contributed by atoms with Crippen molar-refractivity contribution in [2.45, 2.75) is 103 Å². The summed E-state index contributed by atoms with van der Waals surface area (Å²) in [6.07, 6.45) is 2.72. The van der Waals surface area contributed by atoms with Crippen LogP contribution in [0, 0.1) is 0 Å². The summed E-state index contributed by atoms with van der Waals surface area (Å²) in [5, 5.41) is 3.87. The quantitative estimate of drug-likeness (QED) is 0.564. The fourth-order valence-electron chi connectivity index (χ4n) is 5.44. The molecular formula is C17H42S. The Morgan fingerprint density at radius 3 is 0.556 bits per heavy atom. The van der Waals surface area contributed by atoms with Crippen molar-refractivity contribution in [2.24, 2.45) is 0 Å². The van der Waals surface area contributed by atoms with Crippen LogP contribution < -0.4 is 0 Å². The van der Waals surface area contributed by atoms with Gasteiger partial charge in [0.15, 0.2) is 0 Å². The molecule has 0 aliphatic carbocycles. The zero-order valence-electron chi connectivity index (χ0n) is 14.3. The van der Waals surface area contributed by atoms with E-state index in [1.54, 1.807) is 0 Å². The molecule has 0 unspecified atom stereocenters. The highest BCUT2D eigenvalue weighted by Crippen LogP contribution is 2.99. The second kappa shape index (κ2) is 5.04. The largest absolute Gasteiger partial charge is 0.267 e. The average molecular weight is 279 g/mol. The summed E-state index contributed by atoms with van der Waals surface area (Å²) in [5.41, 5.74) is 0. The lowest BCUT2D eigenvalue weighted by Crippen LogP contribution is -2.65. The van der Waals surface area contributed by atoms with Gasteiger partial charge in [0, 0.05) is 0 Å². The highest BCUT2D eigenvalue weighted by molar-refractivity contribution is 8.66. The van der Waals surface area contributed by atoms with Gasteiger partial charge in [-0.3, -0.25) is 8.29 Å². The van der Waals surface area contributed by atoms with Crippen molar-refractivity contribution in [3.05, 3.63) is 0 Å². The molecule has 0 aliphatic rings. The molecule has 0 aromatic heterocycles. The molecule has 0 heterocycles. The van der Waals surface area contributed by atoms with Crippen LogP contribution in [0.15, 0.2) is 0 Å². The van der Waals surface area contributed by atoms with Crippen LogP contribution in [0.3, 0.4) is 0 Å². The van der Waals surface area contributed by atoms with Gasteiger partial charge in [0.2, 0.25) is 0 Å². The molecule has 0 aromatic rings. The maximum Gasteiger partial charge on any atom is -0.0270 e. The van der Waals surface area contributed by atoms with Gasteiger partial charge >= 0.3 is 0 Å². The summed E-state index contributed by atoms with van der Waals surface area (Å²) in [5.74, 6) is 0. The van der Waals surface area contributed by atoms with Gasteiger partial charge in [-0.15, -0.1) is 0 Å². The maximum absolute atomic E-state index is 2.72. The minimum atomic E-state index is -2.18. The van der Waals surface area contributed by atoms with Gasteiger partial charge in [-0.05, 0) is 32.5 Å². The zero-order chi connectivity index (χ0) is 14.3. The Bertz CT molecular complexity index is 210.